The van der Waals surface area contributed by atoms with Gasteiger partial charge < -0.3 is 25.0 Å². The number of rotatable bonds is 12. The monoisotopic (exact) mass is 419 g/mol. The van der Waals surface area contributed by atoms with Gasteiger partial charge in [-0.25, -0.2) is 0 Å². The molecule has 0 aromatic heterocycles. The van der Waals surface area contributed by atoms with E-state index in [1.165, 1.54) is 5.56 Å². The Morgan fingerprint density at radius 2 is 2.03 bits per heavy atom. The summed E-state index contributed by atoms with van der Waals surface area (Å²) in [6.07, 6.45) is 4.73. The van der Waals surface area contributed by atoms with Crippen LogP contribution in [0, 0.1) is 0 Å². The van der Waals surface area contributed by atoms with Crippen LogP contribution in [-0.2, 0) is 14.9 Å². The van der Waals surface area contributed by atoms with E-state index in [2.05, 4.69) is 55.6 Å². The van der Waals surface area contributed by atoms with Crippen LogP contribution in [0.2, 0.25) is 0 Å². The highest BCUT2D eigenvalue weighted by Crippen LogP contribution is 2.47. The summed E-state index contributed by atoms with van der Waals surface area (Å²) in [6, 6.07) is 8.30. The van der Waals surface area contributed by atoms with Crippen molar-refractivity contribution in [2.24, 2.45) is 0 Å². The second-order valence-corrected chi connectivity index (χ2v) is 8.99. The van der Waals surface area contributed by atoms with Crippen LogP contribution in [0.15, 0.2) is 24.3 Å². The van der Waals surface area contributed by atoms with E-state index in [0.717, 1.165) is 57.6 Å². The molecule has 6 heteroatoms. The molecule has 1 saturated heterocycles. The summed E-state index contributed by atoms with van der Waals surface area (Å²) in [5.74, 6) is 0.979. The Morgan fingerprint density at radius 1 is 1.27 bits per heavy atom. The largest absolute Gasteiger partial charge is 0.496 e. The van der Waals surface area contributed by atoms with Crippen LogP contribution in [0.3, 0.4) is 0 Å². The first-order chi connectivity index (χ1) is 14.3. The van der Waals surface area contributed by atoms with E-state index in [9.17, 15) is 4.79 Å². The number of benzene rings is 1. The minimum Gasteiger partial charge on any atom is -0.496 e. The molecule has 1 aliphatic rings. The zero-order valence-electron chi connectivity index (χ0n) is 19.6. The SMILES string of the molecule is CC[C@]1(C)C[C@](CCNC(=O)CNCCCN(C)C)(c2ccccc2OC)CCO1. The molecule has 170 valence electrons. The first-order valence-electron chi connectivity index (χ1n) is 11.2. The molecule has 0 bridgehead atoms. The van der Waals surface area contributed by atoms with Crippen molar-refractivity contribution in [1.29, 1.82) is 0 Å². The molecule has 30 heavy (non-hydrogen) atoms. The Hall–Kier alpha value is -1.63. The molecule has 0 unspecified atom stereocenters. The number of nitrogens with zero attached hydrogens (tertiary/aromatic N) is 1. The highest BCUT2D eigenvalue weighted by Gasteiger charge is 2.44. The molecule has 0 spiro atoms. The number of amides is 1. The summed E-state index contributed by atoms with van der Waals surface area (Å²) in [7, 11) is 5.85. The van der Waals surface area contributed by atoms with E-state index in [1.807, 2.05) is 12.1 Å². The zero-order chi connectivity index (χ0) is 22.0. The number of hydrogen-bond acceptors (Lipinski definition) is 5. The topological polar surface area (TPSA) is 62.8 Å². The molecule has 2 rings (SSSR count). The fourth-order valence-corrected chi connectivity index (χ4v) is 4.46. The van der Waals surface area contributed by atoms with Crippen LogP contribution in [0.5, 0.6) is 5.75 Å². The molecule has 6 nitrogen and oxygen atoms in total. The van der Waals surface area contributed by atoms with E-state index in [0.29, 0.717) is 13.1 Å². The molecule has 0 radical (unpaired) electrons. The smallest absolute Gasteiger partial charge is 0.233 e. The molecule has 1 aliphatic heterocycles. The van der Waals surface area contributed by atoms with Gasteiger partial charge in [0.25, 0.3) is 0 Å². The Morgan fingerprint density at radius 3 is 2.73 bits per heavy atom. The molecule has 2 atom stereocenters. The van der Waals surface area contributed by atoms with Crippen molar-refractivity contribution in [3.05, 3.63) is 29.8 Å². The summed E-state index contributed by atoms with van der Waals surface area (Å²) in [5.41, 5.74) is 1.01. The van der Waals surface area contributed by atoms with E-state index >= 15 is 0 Å². The van der Waals surface area contributed by atoms with Gasteiger partial charge in [0.05, 0.1) is 19.3 Å². The van der Waals surface area contributed by atoms with Crippen molar-refractivity contribution in [1.82, 2.24) is 15.5 Å². The molecule has 2 N–H and O–H groups in total. The first kappa shape index (κ1) is 24.6. The lowest BCUT2D eigenvalue weighted by atomic mass is 9.66. The number of ether oxygens (including phenoxy) is 2. The van der Waals surface area contributed by atoms with Gasteiger partial charge in [-0.1, -0.05) is 25.1 Å². The minimum atomic E-state index is -0.156. The zero-order valence-corrected chi connectivity index (χ0v) is 19.6. The molecule has 0 saturated carbocycles. The summed E-state index contributed by atoms with van der Waals surface area (Å²) >= 11 is 0. The maximum atomic E-state index is 12.3. The van der Waals surface area contributed by atoms with Crippen molar-refractivity contribution < 1.29 is 14.3 Å². The van der Waals surface area contributed by atoms with Crippen molar-refractivity contribution in [2.75, 3.05) is 54.0 Å². The maximum Gasteiger partial charge on any atom is 0.233 e. The predicted molar refractivity (Wildman–Crippen MR) is 122 cm³/mol. The third kappa shape index (κ3) is 6.96. The van der Waals surface area contributed by atoms with Crippen molar-refractivity contribution >= 4 is 5.91 Å². The van der Waals surface area contributed by atoms with E-state index in [1.54, 1.807) is 7.11 Å². The molecule has 0 aliphatic carbocycles. The number of nitrogens with one attached hydrogen (secondary N) is 2. The van der Waals surface area contributed by atoms with Gasteiger partial charge in [0.1, 0.15) is 5.75 Å². The molecule has 1 amide bonds. The van der Waals surface area contributed by atoms with Gasteiger partial charge >= 0.3 is 0 Å². The Balaban J connectivity index is 1.99. The summed E-state index contributed by atoms with van der Waals surface area (Å²) in [5, 5.41) is 6.35. The first-order valence-corrected chi connectivity index (χ1v) is 11.2. The third-order valence-electron chi connectivity index (χ3n) is 6.34. The fourth-order valence-electron chi connectivity index (χ4n) is 4.46. The second-order valence-electron chi connectivity index (χ2n) is 8.99. The van der Waals surface area contributed by atoms with Crippen molar-refractivity contribution in [3.63, 3.8) is 0 Å². The van der Waals surface area contributed by atoms with Gasteiger partial charge in [0, 0.05) is 24.1 Å². The Bertz CT molecular complexity index is 667. The van der Waals surface area contributed by atoms with Crippen LogP contribution < -0.4 is 15.4 Å². The number of carbonyl (C=O) groups is 1. The molecular weight excluding hydrogens is 378 g/mol. The molecular formula is C24H41N3O3. The number of para-hydroxylation sites is 1. The summed E-state index contributed by atoms with van der Waals surface area (Å²) in [4.78, 5) is 14.4. The standard InChI is InChI=1S/C24H41N3O3/c1-6-23(2)19-24(13-17-30-23,20-10-7-8-11-21(20)29-5)12-15-26-22(28)18-25-14-9-16-27(3)4/h7-8,10-11,25H,6,9,12-19H2,1-5H3,(H,26,28)/t23-,24-/m1/s1. The van der Waals surface area contributed by atoms with Gasteiger partial charge in [-0.05, 0) is 72.3 Å². The average Bonchev–Trinajstić information content (AvgIpc) is 2.73. The van der Waals surface area contributed by atoms with Crippen LogP contribution in [0.25, 0.3) is 0 Å². The van der Waals surface area contributed by atoms with Gasteiger partial charge in [-0.3, -0.25) is 4.79 Å². The molecule has 1 aromatic rings. The van der Waals surface area contributed by atoms with Crippen molar-refractivity contribution in [2.45, 2.75) is 57.0 Å². The highest BCUT2D eigenvalue weighted by molar-refractivity contribution is 5.77. The third-order valence-corrected chi connectivity index (χ3v) is 6.34. The highest BCUT2D eigenvalue weighted by atomic mass is 16.5. The van der Waals surface area contributed by atoms with Crippen LogP contribution in [0.4, 0.5) is 0 Å². The normalized spacial score (nSPS) is 24.1. The van der Waals surface area contributed by atoms with Crippen LogP contribution in [0.1, 0.15) is 51.5 Å². The lowest BCUT2D eigenvalue weighted by molar-refractivity contribution is -0.120. The summed E-state index contributed by atoms with van der Waals surface area (Å²) in [6.45, 7) is 8.00. The molecule has 1 aromatic carbocycles. The Kier molecular flexibility index (Phi) is 9.59. The lowest BCUT2D eigenvalue weighted by Crippen LogP contribution is -2.47. The fraction of sp³-hybridized carbons (Fsp3) is 0.708. The van der Waals surface area contributed by atoms with Crippen molar-refractivity contribution in [3.8, 4) is 5.75 Å². The van der Waals surface area contributed by atoms with E-state index < -0.39 is 0 Å². The number of hydrogen-bond donors (Lipinski definition) is 2. The summed E-state index contributed by atoms with van der Waals surface area (Å²) < 4.78 is 11.8. The van der Waals surface area contributed by atoms with Gasteiger partial charge in [-0.15, -0.1) is 0 Å². The lowest BCUT2D eigenvalue weighted by Gasteiger charge is -2.47. The Labute approximate surface area is 182 Å². The van der Waals surface area contributed by atoms with E-state index in [-0.39, 0.29) is 16.9 Å². The van der Waals surface area contributed by atoms with Gasteiger partial charge in [0.2, 0.25) is 5.91 Å². The number of carbonyl (C=O) groups excluding carboxylic acids is 1. The average molecular weight is 420 g/mol. The molecule has 1 heterocycles. The second kappa shape index (κ2) is 11.7. The quantitative estimate of drug-likeness (QED) is 0.510. The van der Waals surface area contributed by atoms with Crippen LogP contribution in [-0.4, -0.2) is 70.4 Å². The van der Waals surface area contributed by atoms with Crippen LogP contribution >= 0.6 is 0 Å². The van der Waals surface area contributed by atoms with Gasteiger partial charge in [0.15, 0.2) is 0 Å². The van der Waals surface area contributed by atoms with E-state index in [4.69, 9.17) is 9.47 Å². The minimum absolute atomic E-state index is 0.0559. The maximum absolute atomic E-state index is 12.3. The molecule has 1 fully saturated rings. The number of methoxy groups -OCH3 is 1. The predicted octanol–water partition coefficient (Wildman–Crippen LogP) is 2.96. The van der Waals surface area contributed by atoms with Gasteiger partial charge in [-0.2, -0.15) is 0 Å².